The van der Waals surface area contributed by atoms with E-state index in [0.29, 0.717) is 30.0 Å². The highest BCUT2D eigenvalue weighted by atomic mass is 35.5. The summed E-state index contributed by atoms with van der Waals surface area (Å²) in [5.41, 5.74) is 0.331. The van der Waals surface area contributed by atoms with Crippen LogP contribution in [0.25, 0.3) is 0 Å². The van der Waals surface area contributed by atoms with Crippen LogP contribution in [0.3, 0.4) is 0 Å². The quantitative estimate of drug-likeness (QED) is 0.825. The molecular weight excluding hydrogens is 277 g/mol. The first-order valence-electron chi connectivity index (χ1n) is 5.47. The van der Waals surface area contributed by atoms with Crippen LogP contribution in [0, 0.1) is 0 Å². The van der Waals surface area contributed by atoms with E-state index in [1.807, 2.05) is 0 Å². The maximum Gasteiger partial charge on any atom is 0.254 e. The molecule has 0 saturated carbocycles. The Hall–Kier alpha value is -1.26. The third kappa shape index (κ3) is 2.44. The summed E-state index contributed by atoms with van der Waals surface area (Å²) in [7, 11) is 0. The Kier molecular flexibility index (Phi) is 3.78. The van der Waals surface area contributed by atoms with Crippen LogP contribution < -0.4 is 5.11 Å². The zero-order valence-corrected chi connectivity index (χ0v) is 10.9. The number of hydrogen-bond acceptors (Lipinski definition) is 3. The molecule has 0 aliphatic carbocycles. The number of likely N-dealkylation sites (tertiary alicyclic amines) is 1. The average Bonchev–Trinajstić information content (AvgIpc) is 2.81. The van der Waals surface area contributed by atoms with Gasteiger partial charge in [-0.15, -0.1) is 0 Å². The van der Waals surface area contributed by atoms with E-state index in [0.717, 1.165) is 0 Å². The lowest BCUT2D eigenvalue weighted by atomic mass is 10.1. The molecule has 2 rings (SSSR count). The van der Waals surface area contributed by atoms with Crippen molar-refractivity contribution in [3.05, 3.63) is 33.8 Å². The molecule has 1 heterocycles. The van der Waals surface area contributed by atoms with Gasteiger partial charge in [0.2, 0.25) is 0 Å². The van der Waals surface area contributed by atoms with Gasteiger partial charge < -0.3 is 14.8 Å². The Labute approximate surface area is 114 Å². The third-order valence-electron chi connectivity index (χ3n) is 2.95. The number of rotatable bonds is 2. The topological polar surface area (TPSA) is 60.4 Å². The van der Waals surface area contributed by atoms with E-state index >= 15 is 0 Å². The van der Waals surface area contributed by atoms with Crippen molar-refractivity contribution in [2.45, 2.75) is 18.9 Å². The second-order valence-corrected chi connectivity index (χ2v) is 4.92. The third-order valence-corrected chi connectivity index (χ3v) is 3.69. The van der Waals surface area contributed by atoms with Crippen molar-refractivity contribution < 1.29 is 14.7 Å². The van der Waals surface area contributed by atoms with Crippen LogP contribution in [0.4, 0.5) is 0 Å². The summed E-state index contributed by atoms with van der Waals surface area (Å²) in [6.07, 6.45) is 1.08. The Bertz CT molecular complexity index is 504. The number of hydrogen-bond donors (Lipinski definition) is 0. The van der Waals surface area contributed by atoms with Gasteiger partial charge in [0.1, 0.15) is 0 Å². The Morgan fingerprint density at radius 1 is 1.28 bits per heavy atom. The Balaban J connectivity index is 2.25. The van der Waals surface area contributed by atoms with Crippen LogP contribution in [0.1, 0.15) is 23.2 Å². The molecule has 0 unspecified atom stereocenters. The molecule has 0 aromatic heterocycles. The Morgan fingerprint density at radius 3 is 2.61 bits per heavy atom. The number of carbonyl (C=O) groups excluding carboxylic acids is 2. The van der Waals surface area contributed by atoms with Crippen molar-refractivity contribution in [1.29, 1.82) is 0 Å². The van der Waals surface area contributed by atoms with Gasteiger partial charge in [-0.2, -0.15) is 0 Å². The number of nitrogens with zero attached hydrogens (tertiary/aromatic N) is 1. The molecule has 96 valence electrons. The molecule has 0 N–H and O–H groups in total. The number of halogens is 2. The van der Waals surface area contributed by atoms with E-state index in [4.69, 9.17) is 23.2 Å². The number of amides is 1. The SMILES string of the molecule is O=C([O-])[C@@H]1CCCN1C(=O)c1ccc(Cl)c(Cl)c1. The second-order valence-electron chi connectivity index (χ2n) is 4.10. The number of carboxylic acids is 1. The molecule has 0 radical (unpaired) electrons. The van der Waals surface area contributed by atoms with Crippen molar-refractivity contribution in [1.82, 2.24) is 4.90 Å². The molecule has 1 amide bonds. The minimum atomic E-state index is -1.22. The fourth-order valence-corrected chi connectivity index (χ4v) is 2.35. The molecule has 1 aromatic rings. The predicted octanol–water partition coefficient (Wildman–Crippen LogP) is 1.35. The van der Waals surface area contributed by atoms with Gasteiger partial charge in [-0.3, -0.25) is 4.79 Å². The fraction of sp³-hybridized carbons (Fsp3) is 0.333. The van der Waals surface area contributed by atoms with Crippen LogP contribution in [0.15, 0.2) is 18.2 Å². The summed E-state index contributed by atoms with van der Waals surface area (Å²) in [4.78, 5) is 24.4. The van der Waals surface area contributed by atoms with Crippen LogP contribution in [0.5, 0.6) is 0 Å². The first-order chi connectivity index (χ1) is 8.50. The molecular formula is C12H10Cl2NO3-. The molecule has 1 saturated heterocycles. The van der Waals surface area contributed by atoms with Gasteiger partial charge in [0.25, 0.3) is 5.91 Å². The lowest BCUT2D eigenvalue weighted by Gasteiger charge is -2.25. The lowest BCUT2D eigenvalue weighted by molar-refractivity contribution is -0.310. The van der Waals surface area contributed by atoms with Gasteiger partial charge in [-0.25, -0.2) is 0 Å². The fourth-order valence-electron chi connectivity index (χ4n) is 2.05. The highest BCUT2D eigenvalue weighted by molar-refractivity contribution is 6.42. The zero-order chi connectivity index (χ0) is 13.3. The van der Waals surface area contributed by atoms with Gasteiger partial charge in [0.05, 0.1) is 22.1 Å². The van der Waals surface area contributed by atoms with Crippen molar-refractivity contribution in [2.75, 3.05) is 6.54 Å². The van der Waals surface area contributed by atoms with E-state index in [-0.39, 0.29) is 10.9 Å². The Morgan fingerprint density at radius 2 is 2.00 bits per heavy atom. The molecule has 1 aliphatic rings. The van der Waals surface area contributed by atoms with Crippen molar-refractivity contribution in [3.8, 4) is 0 Å². The summed E-state index contributed by atoms with van der Waals surface area (Å²) in [6, 6.07) is 3.63. The van der Waals surface area contributed by atoms with E-state index in [9.17, 15) is 14.7 Å². The monoisotopic (exact) mass is 286 g/mol. The van der Waals surface area contributed by atoms with E-state index in [1.165, 1.54) is 23.1 Å². The smallest absolute Gasteiger partial charge is 0.254 e. The largest absolute Gasteiger partial charge is 0.548 e. The normalized spacial score (nSPS) is 19.0. The van der Waals surface area contributed by atoms with Crippen molar-refractivity contribution in [2.24, 2.45) is 0 Å². The summed E-state index contributed by atoms with van der Waals surface area (Å²) < 4.78 is 0. The second kappa shape index (κ2) is 5.16. The number of carboxylic acid groups (broad SMARTS) is 1. The number of aliphatic carboxylic acids is 1. The molecule has 6 heteroatoms. The average molecular weight is 287 g/mol. The van der Waals surface area contributed by atoms with Gasteiger partial charge in [0, 0.05) is 12.1 Å². The minimum Gasteiger partial charge on any atom is -0.548 e. The molecule has 1 aliphatic heterocycles. The molecule has 18 heavy (non-hydrogen) atoms. The van der Waals surface area contributed by atoms with E-state index < -0.39 is 12.0 Å². The van der Waals surface area contributed by atoms with Crippen LogP contribution >= 0.6 is 23.2 Å². The first-order valence-corrected chi connectivity index (χ1v) is 6.23. The summed E-state index contributed by atoms with van der Waals surface area (Å²) in [5.74, 6) is -1.58. The van der Waals surface area contributed by atoms with Crippen LogP contribution in [0.2, 0.25) is 10.0 Å². The van der Waals surface area contributed by atoms with Crippen LogP contribution in [-0.2, 0) is 4.79 Å². The van der Waals surface area contributed by atoms with Crippen molar-refractivity contribution in [3.63, 3.8) is 0 Å². The lowest BCUT2D eigenvalue weighted by Crippen LogP contribution is -2.46. The maximum absolute atomic E-state index is 12.2. The predicted molar refractivity (Wildman–Crippen MR) is 65.5 cm³/mol. The van der Waals surface area contributed by atoms with E-state index in [1.54, 1.807) is 0 Å². The summed E-state index contributed by atoms with van der Waals surface area (Å²) in [6.45, 7) is 0.414. The van der Waals surface area contributed by atoms with Gasteiger partial charge >= 0.3 is 0 Å². The minimum absolute atomic E-state index is 0.270. The highest BCUT2D eigenvalue weighted by Crippen LogP contribution is 2.25. The van der Waals surface area contributed by atoms with Gasteiger partial charge in [-0.05, 0) is 31.0 Å². The molecule has 4 nitrogen and oxygen atoms in total. The standard InChI is InChI=1S/C12H11Cl2NO3/c13-8-4-3-7(6-9(8)14)11(16)15-5-1-2-10(15)12(17)18/h3-4,6,10H,1-2,5H2,(H,17,18)/p-1/t10-/m0/s1. The molecule has 1 aromatic carbocycles. The number of carbonyl (C=O) groups is 2. The molecule has 0 bridgehead atoms. The molecule has 1 fully saturated rings. The van der Waals surface area contributed by atoms with Gasteiger partial charge in [-0.1, -0.05) is 23.2 Å². The first kappa shape index (κ1) is 13.2. The van der Waals surface area contributed by atoms with Crippen LogP contribution in [-0.4, -0.2) is 29.4 Å². The van der Waals surface area contributed by atoms with E-state index in [2.05, 4.69) is 0 Å². The zero-order valence-electron chi connectivity index (χ0n) is 9.36. The highest BCUT2D eigenvalue weighted by Gasteiger charge is 2.30. The van der Waals surface area contributed by atoms with Crippen molar-refractivity contribution >= 4 is 35.1 Å². The molecule has 0 spiro atoms. The maximum atomic E-state index is 12.2. The number of benzene rings is 1. The summed E-state index contributed by atoms with van der Waals surface area (Å²) in [5, 5.41) is 11.5. The summed E-state index contributed by atoms with van der Waals surface area (Å²) >= 11 is 11.6. The molecule has 1 atom stereocenters. The van der Waals surface area contributed by atoms with Gasteiger partial charge in [0.15, 0.2) is 0 Å².